The lowest BCUT2D eigenvalue weighted by molar-refractivity contribution is -0.143. The van der Waals surface area contributed by atoms with E-state index in [1.807, 2.05) is 7.05 Å². The van der Waals surface area contributed by atoms with Gasteiger partial charge in [-0.2, -0.15) is 0 Å². The van der Waals surface area contributed by atoms with Gasteiger partial charge < -0.3 is 14.7 Å². The summed E-state index contributed by atoms with van der Waals surface area (Å²) < 4.78 is 18.9. The summed E-state index contributed by atoms with van der Waals surface area (Å²) in [5.41, 5.74) is -0.623. The van der Waals surface area contributed by atoms with Crippen molar-refractivity contribution in [3.63, 3.8) is 0 Å². The minimum Gasteiger partial charge on any atom is -0.480 e. The predicted octanol–water partition coefficient (Wildman–Crippen LogP) is 1.17. The van der Waals surface area contributed by atoms with Crippen molar-refractivity contribution in [2.24, 2.45) is 0 Å². The Balaban J connectivity index is 1.94. The van der Waals surface area contributed by atoms with Gasteiger partial charge >= 0.3 is 5.97 Å². The number of carbonyl (C=O) groups excluding carboxylic acids is 1. The van der Waals surface area contributed by atoms with Crippen molar-refractivity contribution in [1.82, 2.24) is 9.80 Å². The lowest BCUT2D eigenvalue weighted by Crippen LogP contribution is -2.57. The monoisotopic (exact) mass is 322 g/mol. The van der Waals surface area contributed by atoms with E-state index in [9.17, 15) is 19.1 Å². The van der Waals surface area contributed by atoms with Crippen LogP contribution in [0.5, 0.6) is 0 Å². The second kappa shape index (κ2) is 5.90. The SMILES string of the molecule is CN1CCC2(CC1)OCC(C(=O)O)N2C(=O)c1ccc(F)cc1. The Labute approximate surface area is 133 Å². The molecule has 2 fully saturated rings. The van der Waals surface area contributed by atoms with Crippen LogP contribution >= 0.6 is 0 Å². The van der Waals surface area contributed by atoms with E-state index in [-0.39, 0.29) is 12.2 Å². The molecule has 7 heteroatoms. The summed E-state index contributed by atoms with van der Waals surface area (Å²) in [5, 5.41) is 9.45. The van der Waals surface area contributed by atoms with Gasteiger partial charge in [0.1, 0.15) is 11.5 Å². The fourth-order valence-corrected chi connectivity index (χ4v) is 3.26. The minimum atomic E-state index is -1.09. The number of carboxylic acid groups (broad SMARTS) is 1. The highest BCUT2D eigenvalue weighted by Gasteiger charge is 2.53. The lowest BCUT2D eigenvalue weighted by atomic mass is 9.97. The highest BCUT2D eigenvalue weighted by Crippen LogP contribution is 2.38. The molecule has 2 aliphatic heterocycles. The molecule has 1 amide bonds. The maximum Gasteiger partial charge on any atom is 0.328 e. The van der Waals surface area contributed by atoms with Gasteiger partial charge in [0, 0.05) is 31.5 Å². The van der Waals surface area contributed by atoms with E-state index in [1.165, 1.54) is 29.2 Å². The first-order valence-electron chi connectivity index (χ1n) is 7.57. The van der Waals surface area contributed by atoms with Gasteiger partial charge in [-0.25, -0.2) is 9.18 Å². The second-order valence-corrected chi connectivity index (χ2v) is 6.10. The van der Waals surface area contributed by atoms with Crippen molar-refractivity contribution in [2.75, 3.05) is 26.7 Å². The highest BCUT2D eigenvalue weighted by molar-refractivity contribution is 5.97. The minimum absolute atomic E-state index is 0.0218. The Kier molecular flexibility index (Phi) is 4.08. The third-order valence-corrected chi connectivity index (χ3v) is 4.62. The van der Waals surface area contributed by atoms with E-state index in [2.05, 4.69) is 4.90 Å². The number of ether oxygens (including phenoxy) is 1. The third-order valence-electron chi connectivity index (χ3n) is 4.62. The summed E-state index contributed by atoms with van der Waals surface area (Å²) in [4.78, 5) is 27.9. The fourth-order valence-electron chi connectivity index (χ4n) is 3.26. The molecule has 1 unspecified atom stereocenters. The number of hydrogen-bond acceptors (Lipinski definition) is 4. The number of rotatable bonds is 2. The number of benzene rings is 1. The molecule has 2 aliphatic rings. The van der Waals surface area contributed by atoms with Crippen molar-refractivity contribution in [3.05, 3.63) is 35.6 Å². The van der Waals surface area contributed by atoms with E-state index in [4.69, 9.17) is 4.74 Å². The summed E-state index contributed by atoms with van der Waals surface area (Å²) in [7, 11) is 1.97. The number of aliphatic carboxylic acids is 1. The summed E-state index contributed by atoms with van der Waals surface area (Å²) in [6, 6.07) is 4.12. The molecule has 0 bridgehead atoms. The molecule has 1 N–H and O–H groups in total. The topological polar surface area (TPSA) is 70.1 Å². The van der Waals surface area contributed by atoms with Gasteiger partial charge in [0.2, 0.25) is 0 Å². The molecule has 6 nitrogen and oxygen atoms in total. The molecular formula is C16H19FN2O4. The van der Waals surface area contributed by atoms with Crippen molar-refractivity contribution in [2.45, 2.75) is 24.6 Å². The van der Waals surface area contributed by atoms with E-state index in [0.717, 1.165) is 13.1 Å². The first-order chi connectivity index (χ1) is 10.9. The van der Waals surface area contributed by atoms with E-state index in [1.54, 1.807) is 0 Å². The molecular weight excluding hydrogens is 303 g/mol. The van der Waals surface area contributed by atoms with E-state index in [0.29, 0.717) is 12.8 Å². The zero-order valence-corrected chi connectivity index (χ0v) is 12.9. The molecule has 0 radical (unpaired) electrons. The number of hydrogen-bond donors (Lipinski definition) is 1. The molecule has 1 aromatic carbocycles. The summed E-state index contributed by atoms with van der Waals surface area (Å²) in [6.45, 7) is 1.42. The van der Waals surface area contributed by atoms with Gasteiger partial charge in [0.05, 0.1) is 6.61 Å². The molecule has 1 spiro atoms. The normalized spacial score (nSPS) is 24.1. The molecule has 0 aromatic heterocycles. The Morgan fingerprint density at radius 2 is 1.87 bits per heavy atom. The maximum atomic E-state index is 13.1. The predicted molar refractivity (Wildman–Crippen MR) is 79.4 cm³/mol. The van der Waals surface area contributed by atoms with Crippen molar-refractivity contribution in [3.8, 4) is 0 Å². The van der Waals surface area contributed by atoms with Crippen LogP contribution in [0.1, 0.15) is 23.2 Å². The maximum absolute atomic E-state index is 13.1. The van der Waals surface area contributed by atoms with Gasteiger partial charge in [0.25, 0.3) is 5.91 Å². The molecule has 2 heterocycles. The zero-order chi connectivity index (χ0) is 16.6. The van der Waals surface area contributed by atoms with Crippen LogP contribution in [0.15, 0.2) is 24.3 Å². The van der Waals surface area contributed by atoms with Crippen molar-refractivity contribution < 1.29 is 23.8 Å². The first-order valence-corrected chi connectivity index (χ1v) is 7.57. The Morgan fingerprint density at radius 1 is 1.26 bits per heavy atom. The number of nitrogens with zero attached hydrogens (tertiary/aromatic N) is 2. The quantitative estimate of drug-likeness (QED) is 0.885. The number of likely N-dealkylation sites (tertiary alicyclic amines) is 1. The highest BCUT2D eigenvalue weighted by atomic mass is 19.1. The molecule has 23 heavy (non-hydrogen) atoms. The number of halogens is 1. The Hall–Kier alpha value is -1.99. The largest absolute Gasteiger partial charge is 0.480 e. The number of carboxylic acids is 1. The summed E-state index contributed by atoms with van der Waals surface area (Å²) in [5.74, 6) is -1.96. The molecule has 0 saturated carbocycles. The smallest absolute Gasteiger partial charge is 0.328 e. The summed E-state index contributed by atoms with van der Waals surface area (Å²) in [6.07, 6.45) is 1.11. The van der Waals surface area contributed by atoms with Gasteiger partial charge in [0.15, 0.2) is 6.04 Å². The van der Waals surface area contributed by atoms with Gasteiger partial charge in [-0.15, -0.1) is 0 Å². The van der Waals surface area contributed by atoms with Crippen molar-refractivity contribution >= 4 is 11.9 Å². The number of carbonyl (C=O) groups is 2. The van der Waals surface area contributed by atoms with Crippen LogP contribution in [0.2, 0.25) is 0 Å². The zero-order valence-electron chi connectivity index (χ0n) is 12.9. The second-order valence-electron chi connectivity index (χ2n) is 6.10. The van der Waals surface area contributed by atoms with E-state index < -0.39 is 29.5 Å². The van der Waals surface area contributed by atoms with Crippen LogP contribution < -0.4 is 0 Å². The van der Waals surface area contributed by atoms with Gasteiger partial charge in [-0.05, 0) is 31.3 Å². The molecule has 1 atom stereocenters. The van der Waals surface area contributed by atoms with Crippen molar-refractivity contribution in [1.29, 1.82) is 0 Å². The first kappa shape index (κ1) is 15.9. The Bertz CT molecular complexity index is 611. The van der Waals surface area contributed by atoms with E-state index >= 15 is 0 Å². The molecule has 0 aliphatic carbocycles. The molecule has 2 saturated heterocycles. The fraction of sp³-hybridized carbons (Fsp3) is 0.500. The number of amides is 1. The molecule has 1 aromatic rings. The lowest BCUT2D eigenvalue weighted by Gasteiger charge is -2.43. The van der Waals surface area contributed by atoms with Gasteiger partial charge in [-0.3, -0.25) is 9.69 Å². The van der Waals surface area contributed by atoms with Crippen LogP contribution in [-0.2, 0) is 9.53 Å². The summed E-state index contributed by atoms with van der Waals surface area (Å²) >= 11 is 0. The van der Waals surface area contributed by atoms with Crippen LogP contribution in [0.4, 0.5) is 4.39 Å². The average molecular weight is 322 g/mol. The van der Waals surface area contributed by atoms with Crippen LogP contribution in [-0.4, -0.2) is 65.3 Å². The van der Waals surface area contributed by atoms with Crippen LogP contribution in [0.3, 0.4) is 0 Å². The van der Waals surface area contributed by atoms with Gasteiger partial charge in [-0.1, -0.05) is 0 Å². The van der Waals surface area contributed by atoms with Crippen LogP contribution in [0.25, 0.3) is 0 Å². The number of piperidine rings is 1. The Morgan fingerprint density at radius 3 is 2.43 bits per heavy atom. The van der Waals surface area contributed by atoms with Crippen LogP contribution in [0, 0.1) is 5.82 Å². The standard InChI is InChI=1S/C16H19FN2O4/c1-18-8-6-16(7-9-18)19(13(10-23-16)15(21)22)14(20)11-2-4-12(17)5-3-11/h2-5,13H,6-10H2,1H3,(H,21,22). The molecule has 3 rings (SSSR count). The average Bonchev–Trinajstić information content (AvgIpc) is 2.90. The molecule has 124 valence electrons. The third kappa shape index (κ3) is 2.82.